The zero-order valence-electron chi connectivity index (χ0n) is 14.9. The van der Waals surface area contributed by atoms with E-state index in [1.54, 1.807) is 6.07 Å². The minimum atomic E-state index is -3.53. The van der Waals surface area contributed by atoms with Crippen molar-refractivity contribution in [2.24, 2.45) is 11.8 Å². The Morgan fingerprint density at radius 1 is 1.29 bits per heavy atom. The van der Waals surface area contributed by atoms with Crippen molar-refractivity contribution in [2.45, 2.75) is 26.3 Å². The summed E-state index contributed by atoms with van der Waals surface area (Å²) in [7, 11) is 0.179. The monoisotopic (exact) mass is 357 g/mol. The van der Waals surface area contributed by atoms with Gasteiger partial charge < -0.3 is 4.90 Å². The number of halogens is 1. The van der Waals surface area contributed by atoms with Crippen molar-refractivity contribution >= 4 is 10.2 Å². The van der Waals surface area contributed by atoms with Crippen LogP contribution in [0.3, 0.4) is 0 Å². The largest absolute Gasteiger partial charge is 0.301 e. The summed E-state index contributed by atoms with van der Waals surface area (Å²) in [4.78, 5) is 1.89. The Bertz CT molecular complexity index is 641. The molecule has 1 aromatic carbocycles. The predicted molar refractivity (Wildman–Crippen MR) is 94.3 cm³/mol. The smallest absolute Gasteiger partial charge is 0.279 e. The zero-order chi connectivity index (χ0) is 17.9. The highest BCUT2D eigenvalue weighted by Gasteiger charge is 2.31. The molecule has 1 heterocycles. The molecular formula is C17H28FN3O2S. The second kappa shape index (κ2) is 7.91. The number of piperidine rings is 1. The van der Waals surface area contributed by atoms with Crippen LogP contribution in [0.2, 0.25) is 0 Å². The normalized spacial score (nSPS) is 24.2. The van der Waals surface area contributed by atoms with Crippen LogP contribution >= 0.6 is 0 Å². The van der Waals surface area contributed by atoms with Gasteiger partial charge in [-0.3, -0.25) is 0 Å². The van der Waals surface area contributed by atoms with E-state index in [2.05, 4.69) is 18.6 Å². The lowest BCUT2D eigenvalue weighted by Crippen LogP contribution is -2.49. The Morgan fingerprint density at radius 3 is 2.46 bits per heavy atom. The molecule has 5 nitrogen and oxygen atoms in total. The fourth-order valence-corrected chi connectivity index (χ4v) is 4.84. The first kappa shape index (κ1) is 19.3. The van der Waals surface area contributed by atoms with E-state index >= 15 is 0 Å². The molecule has 1 aliphatic heterocycles. The molecule has 0 spiro atoms. The first-order valence-corrected chi connectivity index (χ1v) is 9.79. The Hall–Kier alpha value is -1.02. The van der Waals surface area contributed by atoms with Gasteiger partial charge in [-0.2, -0.15) is 12.7 Å². The van der Waals surface area contributed by atoms with Gasteiger partial charge in [-0.05, 0) is 50.0 Å². The Kier molecular flexibility index (Phi) is 6.36. The number of likely N-dealkylation sites (N-methyl/N-ethyl adjacent to an activating group) is 1. The lowest BCUT2D eigenvalue weighted by molar-refractivity contribution is 0.219. The van der Waals surface area contributed by atoms with E-state index in [4.69, 9.17) is 0 Å². The van der Waals surface area contributed by atoms with E-state index in [9.17, 15) is 12.8 Å². The molecule has 0 aliphatic carbocycles. The number of nitrogens with zero attached hydrogens (tertiary/aromatic N) is 2. The van der Waals surface area contributed by atoms with E-state index < -0.39 is 10.2 Å². The van der Waals surface area contributed by atoms with Gasteiger partial charge in [-0.25, -0.2) is 9.11 Å². The third-order valence-electron chi connectivity index (χ3n) is 4.49. The SMILES string of the molecule is CC1CC(C)CN(S(=O)(=O)NCC(c2cccc(F)c2)N(C)C)C1. The van der Waals surface area contributed by atoms with Crippen LogP contribution in [0.1, 0.15) is 31.9 Å². The van der Waals surface area contributed by atoms with Gasteiger partial charge in [0.05, 0.1) is 0 Å². The molecule has 3 unspecified atom stereocenters. The first-order chi connectivity index (χ1) is 11.2. The molecule has 0 saturated carbocycles. The summed E-state index contributed by atoms with van der Waals surface area (Å²) in [5, 5.41) is 0. The predicted octanol–water partition coefficient (Wildman–Crippen LogP) is 2.24. The van der Waals surface area contributed by atoms with Crippen LogP contribution in [-0.2, 0) is 10.2 Å². The van der Waals surface area contributed by atoms with Crippen molar-refractivity contribution in [2.75, 3.05) is 33.7 Å². The fraction of sp³-hybridized carbons (Fsp3) is 0.647. The van der Waals surface area contributed by atoms with Crippen LogP contribution in [-0.4, -0.2) is 51.4 Å². The van der Waals surface area contributed by atoms with Crippen LogP contribution in [0.25, 0.3) is 0 Å². The van der Waals surface area contributed by atoms with Crippen LogP contribution in [0.15, 0.2) is 24.3 Å². The van der Waals surface area contributed by atoms with Crippen molar-refractivity contribution in [3.05, 3.63) is 35.6 Å². The van der Waals surface area contributed by atoms with Gasteiger partial charge in [0.2, 0.25) is 0 Å². The first-order valence-electron chi connectivity index (χ1n) is 8.35. The Labute approximate surface area is 145 Å². The molecule has 3 atom stereocenters. The quantitative estimate of drug-likeness (QED) is 0.849. The molecule has 24 heavy (non-hydrogen) atoms. The highest BCUT2D eigenvalue weighted by molar-refractivity contribution is 7.87. The molecule has 1 N–H and O–H groups in total. The number of rotatable bonds is 6. The maximum Gasteiger partial charge on any atom is 0.279 e. The third kappa shape index (κ3) is 4.99. The second-order valence-electron chi connectivity index (χ2n) is 7.15. The summed E-state index contributed by atoms with van der Waals surface area (Å²) in [5.74, 6) is 0.400. The molecule has 0 aromatic heterocycles. The maximum atomic E-state index is 13.5. The topological polar surface area (TPSA) is 52.7 Å². The molecule has 136 valence electrons. The molecule has 2 rings (SSSR count). The molecule has 1 fully saturated rings. The number of benzene rings is 1. The van der Waals surface area contributed by atoms with E-state index in [0.717, 1.165) is 12.0 Å². The highest BCUT2D eigenvalue weighted by atomic mass is 32.2. The van der Waals surface area contributed by atoms with Crippen LogP contribution in [0, 0.1) is 17.7 Å². The molecule has 7 heteroatoms. The van der Waals surface area contributed by atoms with Crippen LogP contribution in [0.5, 0.6) is 0 Å². The number of nitrogens with one attached hydrogen (secondary N) is 1. The molecule has 0 bridgehead atoms. The average molecular weight is 357 g/mol. The minimum Gasteiger partial charge on any atom is -0.301 e. The molecular weight excluding hydrogens is 329 g/mol. The molecule has 1 aliphatic rings. The standard InChI is InChI=1S/C17H28FN3O2S/c1-13-8-14(2)12-21(11-13)24(22,23)19-10-17(20(3)4)15-6-5-7-16(18)9-15/h5-7,9,13-14,17,19H,8,10-12H2,1-4H3. The summed E-state index contributed by atoms with van der Waals surface area (Å²) in [6, 6.07) is 6.06. The zero-order valence-corrected chi connectivity index (χ0v) is 15.7. The second-order valence-corrected chi connectivity index (χ2v) is 8.91. The summed E-state index contributed by atoms with van der Waals surface area (Å²) in [5.41, 5.74) is 0.753. The Morgan fingerprint density at radius 2 is 1.92 bits per heavy atom. The highest BCUT2D eigenvalue weighted by Crippen LogP contribution is 2.23. The van der Waals surface area contributed by atoms with E-state index in [1.165, 1.54) is 16.4 Å². The van der Waals surface area contributed by atoms with Crippen LogP contribution < -0.4 is 4.72 Å². The van der Waals surface area contributed by atoms with E-state index in [0.29, 0.717) is 24.9 Å². The van der Waals surface area contributed by atoms with Crippen molar-refractivity contribution in [3.8, 4) is 0 Å². The lowest BCUT2D eigenvalue weighted by atomic mass is 9.94. The van der Waals surface area contributed by atoms with E-state index in [1.807, 2.05) is 25.1 Å². The van der Waals surface area contributed by atoms with Crippen LogP contribution in [0.4, 0.5) is 4.39 Å². The van der Waals surface area contributed by atoms with Gasteiger partial charge in [0.1, 0.15) is 5.82 Å². The summed E-state index contributed by atoms with van der Waals surface area (Å²) >= 11 is 0. The van der Waals surface area contributed by atoms with Crippen molar-refractivity contribution in [3.63, 3.8) is 0 Å². The van der Waals surface area contributed by atoms with Gasteiger partial charge in [0.25, 0.3) is 10.2 Å². The molecule has 1 aromatic rings. The van der Waals surface area contributed by atoms with Gasteiger partial charge >= 0.3 is 0 Å². The van der Waals surface area contributed by atoms with Crippen molar-refractivity contribution < 1.29 is 12.8 Å². The van der Waals surface area contributed by atoms with Crippen molar-refractivity contribution in [1.82, 2.24) is 13.9 Å². The summed E-state index contributed by atoms with van der Waals surface area (Å²) in [6.07, 6.45) is 1.05. The minimum absolute atomic E-state index is 0.206. The summed E-state index contributed by atoms with van der Waals surface area (Å²) < 4.78 is 43.0. The number of hydrogen-bond donors (Lipinski definition) is 1. The van der Waals surface area contributed by atoms with Gasteiger partial charge in [-0.1, -0.05) is 26.0 Å². The molecule has 0 radical (unpaired) electrons. The van der Waals surface area contributed by atoms with Gasteiger partial charge in [0.15, 0.2) is 0 Å². The average Bonchev–Trinajstić information content (AvgIpc) is 2.46. The molecule has 0 amide bonds. The maximum absolute atomic E-state index is 13.5. The Balaban J connectivity index is 2.08. The fourth-order valence-electron chi connectivity index (χ4n) is 3.39. The third-order valence-corrected chi connectivity index (χ3v) is 6.00. The van der Waals surface area contributed by atoms with Gasteiger partial charge in [-0.15, -0.1) is 0 Å². The lowest BCUT2D eigenvalue weighted by Gasteiger charge is -2.34. The number of hydrogen-bond acceptors (Lipinski definition) is 3. The van der Waals surface area contributed by atoms with Gasteiger partial charge in [0, 0.05) is 25.7 Å². The van der Waals surface area contributed by atoms with Crippen molar-refractivity contribution in [1.29, 1.82) is 0 Å². The van der Waals surface area contributed by atoms with E-state index in [-0.39, 0.29) is 18.4 Å². The molecule has 1 saturated heterocycles. The summed E-state index contributed by atoms with van der Waals surface area (Å²) in [6.45, 7) is 5.46.